The standard InChI is InChI=1S/C14H18N2O3/c15-11-1-2-12-13(7-11)19-9-14(17)16(12)8-10-3-5-18-6-4-10/h1-2,7,10H,3-6,8-9,15H2. The molecule has 1 aromatic rings. The van der Waals surface area contributed by atoms with Crippen LogP contribution in [0.3, 0.4) is 0 Å². The first-order chi connectivity index (χ1) is 9.24. The van der Waals surface area contributed by atoms with Crippen molar-refractivity contribution >= 4 is 17.3 Å². The smallest absolute Gasteiger partial charge is 0.265 e. The summed E-state index contributed by atoms with van der Waals surface area (Å²) in [7, 11) is 0. The number of rotatable bonds is 2. The molecule has 0 aliphatic carbocycles. The second-order valence-electron chi connectivity index (χ2n) is 5.08. The van der Waals surface area contributed by atoms with E-state index in [0.717, 1.165) is 38.3 Å². The molecule has 2 N–H and O–H groups in total. The average Bonchev–Trinajstić information content (AvgIpc) is 2.43. The molecule has 2 aliphatic heterocycles. The van der Waals surface area contributed by atoms with Crippen LogP contribution in [-0.4, -0.2) is 32.3 Å². The number of fused-ring (bicyclic) bond motifs is 1. The lowest BCUT2D eigenvalue weighted by Crippen LogP contribution is -2.42. The maximum atomic E-state index is 12.1. The molecular weight excluding hydrogens is 244 g/mol. The number of amides is 1. The molecule has 0 radical (unpaired) electrons. The van der Waals surface area contributed by atoms with Gasteiger partial charge in [0.1, 0.15) is 5.75 Å². The summed E-state index contributed by atoms with van der Waals surface area (Å²) in [6.07, 6.45) is 2.02. The Labute approximate surface area is 112 Å². The molecule has 5 heteroatoms. The molecule has 0 atom stereocenters. The van der Waals surface area contributed by atoms with Crippen LogP contribution in [0, 0.1) is 5.92 Å². The Morgan fingerprint density at radius 2 is 2.11 bits per heavy atom. The second-order valence-corrected chi connectivity index (χ2v) is 5.08. The van der Waals surface area contributed by atoms with E-state index >= 15 is 0 Å². The van der Waals surface area contributed by atoms with Crippen molar-refractivity contribution in [2.24, 2.45) is 5.92 Å². The van der Waals surface area contributed by atoms with Gasteiger partial charge in [-0.1, -0.05) is 0 Å². The number of hydrogen-bond donors (Lipinski definition) is 1. The fraction of sp³-hybridized carbons (Fsp3) is 0.500. The summed E-state index contributed by atoms with van der Waals surface area (Å²) in [4.78, 5) is 13.9. The van der Waals surface area contributed by atoms with Crippen molar-refractivity contribution in [2.45, 2.75) is 12.8 Å². The first kappa shape index (κ1) is 12.3. The largest absolute Gasteiger partial charge is 0.481 e. The lowest BCUT2D eigenvalue weighted by Gasteiger charge is -2.33. The van der Waals surface area contributed by atoms with Gasteiger partial charge in [0.15, 0.2) is 6.61 Å². The van der Waals surface area contributed by atoms with Crippen LogP contribution in [0.5, 0.6) is 5.75 Å². The first-order valence-corrected chi connectivity index (χ1v) is 6.64. The zero-order valence-corrected chi connectivity index (χ0v) is 10.8. The molecule has 0 saturated carbocycles. The monoisotopic (exact) mass is 262 g/mol. The van der Waals surface area contributed by atoms with Crippen LogP contribution in [0.1, 0.15) is 12.8 Å². The van der Waals surface area contributed by atoms with Gasteiger partial charge in [0.05, 0.1) is 5.69 Å². The summed E-state index contributed by atoms with van der Waals surface area (Å²) < 4.78 is 10.8. The van der Waals surface area contributed by atoms with Crippen LogP contribution in [0.15, 0.2) is 18.2 Å². The summed E-state index contributed by atoms with van der Waals surface area (Å²) in [5, 5.41) is 0. The zero-order chi connectivity index (χ0) is 13.2. The van der Waals surface area contributed by atoms with E-state index in [0.29, 0.717) is 17.4 Å². The number of nitrogens with two attached hydrogens (primary N) is 1. The summed E-state index contributed by atoms with van der Waals surface area (Å²) >= 11 is 0. The molecule has 3 rings (SSSR count). The lowest BCUT2D eigenvalue weighted by atomic mass is 9.99. The minimum atomic E-state index is 0.0174. The predicted molar refractivity (Wildman–Crippen MR) is 72.2 cm³/mol. The normalized spacial score (nSPS) is 20.0. The van der Waals surface area contributed by atoms with Gasteiger partial charge in [-0.15, -0.1) is 0 Å². The molecular formula is C14H18N2O3. The van der Waals surface area contributed by atoms with Crippen LogP contribution in [0.25, 0.3) is 0 Å². The van der Waals surface area contributed by atoms with Crippen molar-refractivity contribution < 1.29 is 14.3 Å². The molecule has 0 aromatic heterocycles. The molecule has 0 bridgehead atoms. The Balaban J connectivity index is 1.82. The predicted octanol–water partition coefficient (Wildman–Crippen LogP) is 1.42. The Kier molecular flexibility index (Phi) is 3.29. The van der Waals surface area contributed by atoms with E-state index < -0.39 is 0 Å². The molecule has 2 heterocycles. The maximum absolute atomic E-state index is 12.1. The zero-order valence-electron chi connectivity index (χ0n) is 10.8. The fourth-order valence-corrected chi connectivity index (χ4v) is 2.61. The van der Waals surface area contributed by atoms with Crippen LogP contribution in [0.2, 0.25) is 0 Å². The van der Waals surface area contributed by atoms with E-state index in [2.05, 4.69) is 0 Å². The lowest BCUT2D eigenvalue weighted by molar-refractivity contribution is -0.121. The van der Waals surface area contributed by atoms with Crippen molar-refractivity contribution in [3.8, 4) is 5.75 Å². The Morgan fingerprint density at radius 3 is 2.89 bits per heavy atom. The number of hydrogen-bond acceptors (Lipinski definition) is 4. The Hall–Kier alpha value is -1.75. The Bertz CT molecular complexity index is 484. The number of anilines is 2. The van der Waals surface area contributed by atoms with Crippen LogP contribution in [-0.2, 0) is 9.53 Å². The summed E-state index contributed by atoms with van der Waals surface area (Å²) in [5.74, 6) is 1.22. The molecule has 5 nitrogen and oxygen atoms in total. The van der Waals surface area contributed by atoms with E-state index in [1.165, 1.54) is 0 Å². The van der Waals surface area contributed by atoms with Gasteiger partial charge in [-0.25, -0.2) is 0 Å². The highest BCUT2D eigenvalue weighted by Crippen LogP contribution is 2.34. The number of nitrogens with zero attached hydrogens (tertiary/aromatic N) is 1. The highest BCUT2D eigenvalue weighted by Gasteiger charge is 2.28. The third-order valence-corrected chi connectivity index (χ3v) is 3.71. The van der Waals surface area contributed by atoms with Crippen molar-refractivity contribution in [1.82, 2.24) is 0 Å². The first-order valence-electron chi connectivity index (χ1n) is 6.64. The van der Waals surface area contributed by atoms with Gasteiger partial charge in [-0.2, -0.15) is 0 Å². The second kappa shape index (κ2) is 5.09. The van der Waals surface area contributed by atoms with Crippen LogP contribution < -0.4 is 15.4 Å². The molecule has 0 spiro atoms. The van der Waals surface area contributed by atoms with E-state index in [-0.39, 0.29) is 12.5 Å². The third kappa shape index (κ3) is 2.51. The number of ether oxygens (including phenoxy) is 2. The third-order valence-electron chi connectivity index (χ3n) is 3.71. The molecule has 0 unspecified atom stereocenters. The number of benzene rings is 1. The number of nitrogen functional groups attached to an aromatic ring is 1. The molecule has 102 valence electrons. The summed E-state index contributed by atoms with van der Waals surface area (Å²) in [6, 6.07) is 5.44. The number of carbonyl (C=O) groups excluding carboxylic acids is 1. The molecule has 19 heavy (non-hydrogen) atoms. The highest BCUT2D eigenvalue weighted by atomic mass is 16.5. The van der Waals surface area contributed by atoms with Crippen molar-refractivity contribution in [2.75, 3.05) is 37.0 Å². The van der Waals surface area contributed by atoms with Gasteiger partial charge < -0.3 is 20.1 Å². The van der Waals surface area contributed by atoms with Crippen molar-refractivity contribution in [3.05, 3.63) is 18.2 Å². The van der Waals surface area contributed by atoms with Crippen molar-refractivity contribution in [1.29, 1.82) is 0 Å². The molecule has 2 aliphatic rings. The van der Waals surface area contributed by atoms with Crippen molar-refractivity contribution in [3.63, 3.8) is 0 Å². The van der Waals surface area contributed by atoms with Crippen LogP contribution >= 0.6 is 0 Å². The van der Waals surface area contributed by atoms with Gasteiger partial charge in [-0.3, -0.25) is 4.79 Å². The van der Waals surface area contributed by atoms with E-state index in [1.54, 1.807) is 12.1 Å². The van der Waals surface area contributed by atoms with Gasteiger partial charge in [0.2, 0.25) is 0 Å². The van der Waals surface area contributed by atoms with Gasteiger partial charge in [0.25, 0.3) is 5.91 Å². The molecule has 1 aromatic carbocycles. The SMILES string of the molecule is Nc1ccc2c(c1)OCC(=O)N2CC1CCOCC1. The van der Waals surface area contributed by atoms with E-state index in [9.17, 15) is 4.79 Å². The summed E-state index contributed by atoms with van der Waals surface area (Å²) in [5.41, 5.74) is 7.23. The van der Waals surface area contributed by atoms with Gasteiger partial charge in [-0.05, 0) is 30.9 Å². The molecule has 1 amide bonds. The van der Waals surface area contributed by atoms with E-state index in [4.69, 9.17) is 15.2 Å². The average molecular weight is 262 g/mol. The maximum Gasteiger partial charge on any atom is 0.265 e. The molecule has 1 fully saturated rings. The fourth-order valence-electron chi connectivity index (χ4n) is 2.61. The van der Waals surface area contributed by atoms with Crippen LogP contribution in [0.4, 0.5) is 11.4 Å². The molecule has 1 saturated heterocycles. The van der Waals surface area contributed by atoms with E-state index in [1.807, 2.05) is 11.0 Å². The minimum Gasteiger partial charge on any atom is -0.481 e. The Morgan fingerprint density at radius 1 is 1.32 bits per heavy atom. The topological polar surface area (TPSA) is 64.8 Å². The van der Waals surface area contributed by atoms with Gasteiger partial charge >= 0.3 is 0 Å². The highest BCUT2D eigenvalue weighted by molar-refractivity contribution is 5.98. The van der Waals surface area contributed by atoms with Gasteiger partial charge in [0, 0.05) is 31.5 Å². The quantitative estimate of drug-likeness (QED) is 0.819. The summed E-state index contributed by atoms with van der Waals surface area (Å²) in [6.45, 7) is 2.41. The minimum absolute atomic E-state index is 0.0174. The number of carbonyl (C=O) groups is 1.